The van der Waals surface area contributed by atoms with Crippen LogP contribution in [0.4, 0.5) is 0 Å². The Bertz CT molecular complexity index is 254. The summed E-state index contributed by atoms with van der Waals surface area (Å²) in [6, 6.07) is 7.48. The molecule has 0 aliphatic rings. The molecule has 0 atom stereocenters. The smallest absolute Gasteiger partial charge is 0.118 e. The van der Waals surface area contributed by atoms with Crippen molar-refractivity contribution < 1.29 is 4.74 Å². The Morgan fingerprint density at radius 3 is 2.00 bits per heavy atom. The Morgan fingerprint density at radius 2 is 1.69 bits per heavy atom. The molecule has 1 rings (SSSR count). The van der Waals surface area contributed by atoms with Crippen LogP contribution in [0.2, 0.25) is 0 Å². The third kappa shape index (κ3) is 4.29. The van der Waals surface area contributed by atoms with Gasteiger partial charge in [-0.1, -0.05) is 26.1 Å². The molecule has 13 heavy (non-hydrogen) atoms. The minimum absolute atomic E-state index is 0.604. The largest absolute Gasteiger partial charge is 0.497 e. The number of methoxy groups -OCH3 is 1. The molecule has 1 nitrogen and oxygen atoms in total. The predicted molar refractivity (Wildman–Crippen MR) is 65.0 cm³/mol. The molecule has 0 saturated carbocycles. The van der Waals surface area contributed by atoms with Crippen LogP contribution in [-0.4, -0.2) is 11.3 Å². The lowest BCUT2D eigenvalue weighted by atomic mass is 10.2. The molecule has 0 N–H and O–H groups in total. The fourth-order valence-corrected chi connectivity index (χ4v) is 1.02. The second kappa shape index (κ2) is 6.92. The number of hydrogen-bond acceptors (Lipinski definition) is 2. The third-order valence-electron chi connectivity index (χ3n) is 1.34. The molecule has 3 heteroatoms. The van der Waals surface area contributed by atoms with Crippen molar-refractivity contribution in [1.82, 2.24) is 0 Å². The van der Waals surface area contributed by atoms with Crippen LogP contribution < -0.4 is 4.74 Å². The lowest BCUT2D eigenvalue weighted by Gasteiger charge is -1.99. The van der Waals surface area contributed by atoms with Gasteiger partial charge in [0.25, 0.3) is 0 Å². The number of thiol groups is 1. The van der Waals surface area contributed by atoms with E-state index in [-0.39, 0.29) is 0 Å². The summed E-state index contributed by atoms with van der Waals surface area (Å²) < 4.78 is 5.59. The summed E-state index contributed by atoms with van der Waals surface area (Å²) in [4.78, 5) is 0. The van der Waals surface area contributed by atoms with E-state index in [2.05, 4.69) is 12.6 Å². The molecule has 1 aromatic carbocycles. The van der Waals surface area contributed by atoms with Gasteiger partial charge in [-0.25, -0.2) is 0 Å². The van der Waals surface area contributed by atoms with E-state index in [0.717, 1.165) is 11.3 Å². The Hall–Kier alpha value is -0.540. The van der Waals surface area contributed by atoms with Crippen molar-refractivity contribution in [3.63, 3.8) is 0 Å². The van der Waals surface area contributed by atoms with Gasteiger partial charge in [0, 0.05) is 0 Å². The Morgan fingerprint density at radius 1 is 1.23 bits per heavy atom. The molecule has 0 aliphatic carbocycles. The van der Waals surface area contributed by atoms with Crippen LogP contribution >= 0.6 is 24.8 Å². The zero-order valence-corrected chi connectivity index (χ0v) is 9.78. The number of thiocarbonyl (C=S) groups is 1. The summed E-state index contributed by atoms with van der Waals surface area (Å²) in [5.41, 5.74) is 0.948. The number of benzene rings is 1. The van der Waals surface area contributed by atoms with Crippen molar-refractivity contribution in [2.24, 2.45) is 0 Å². The monoisotopic (exact) mass is 214 g/mol. The molecule has 0 saturated heterocycles. The first-order valence-electron chi connectivity index (χ1n) is 4.11. The SMILES string of the molecule is CC.COc1ccc(C(=S)S)cc1. The van der Waals surface area contributed by atoms with E-state index in [0.29, 0.717) is 4.20 Å². The van der Waals surface area contributed by atoms with E-state index in [1.807, 2.05) is 38.1 Å². The molecule has 0 unspecified atom stereocenters. The third-order valence-corrected chi connectivity index (χ3v) is 1.83. The lowest BCUT2D eigenvalue weighted by Crippen LogP contribution is -1.87. The lowest BCUT2D eigenvalue weighted by molar-refractivity contribution is 0.415. The molecule has 0 heterocycles. The maximum absolute atomic E-state index is 4.98. The molecular formula is C10H14OS2. The van der Waals surface area contributed by atoms with Gasteiger partial charge in [0.05, 0.1) is 11.3 Å². The van der Waals surface area contributed by atoms with Crippen molar-refractivity contribution in [2.45, 2.75) is 13.8 Å². The summed E-state index contributed by atoms with van der Waals surface area (Å²) >= 11 is 8.91. The summed E-state index contributed by atoms with van der Waals surface area (Å²) in [5, 5.41) is 0. The highest BCUT2D eigenvalue weighted by Gasteiger charge is 1.94. The van der Waals surface area contributed by atoms with Crippen molar-refractivity contribution in [2.75, 3.05) is 7.11 Å². The van der Waals surface area contributed by atoms with Gasteiger partial charge in [-0.15, -0.1) is 12.6 Å². The topological polar surface area (TPSA) is 9.23 Å². The number of hydrogen-bond donors (Lipinski definition) is 1. The van der Waals surface area contributed by atoms with E-state index < -0.39 is 0 Å². The molecule has 1 aromatic rings. The van der Waals surface area contributed by atoms with E-state index in [9.17, 15) is 0 Å². The number of rotatable bonds is 2. The number of ether oxygens (including phenoxy) is 1. The van der Waals surface area contributed by atoms with Crippen LogP contribution in [0, 0.1) is 0 Å². The minimum atomic E-state index is 0.604. The summed E-state index contributed by atoms with van der Waals surface area (Å²) in [5.74, 6) is 0.832. The van der Waals surface area contributed by atoms with Gasteiger partial charge in [-0.3, -0.25) is 0 Å². The van der Waals surface area contributed by atoms with Crippen molar-refractivity contribution in [1.29, 1.82) is 0 Å². The molecule has 0 bridgehead atoms. The van der Waals surface area contributed by atoms with Gasteiger partial charge in [-0.05, 0) is 29.8 Å². The Balaban J connectivity index is 0.000000671. The summed E-state index contributed by atoms with van der Waals surface area (Å²) in [7, 11) is 1.63. The maximum Gasteiger partial charge on any atom is 0.118 e. The van der Waals surface area contributed by atoms with Crippen molar-refractivity contribution >= 4 is 29.0 Å². The van der Waals surface area contributed by atoms with Crippen LogP contribution in [0.25, 0.3) is 0 Å². The average Bonchev–Trinajstić information content (AvgIpc) is 2.21. The highest BCUT2D eigenvalue weighted by Crippen LogP contribution is 2.12. The van der Waals surface area contributed by atoms with Crippen molar-refractivity contribution in [3.05, 3.63) is 29.8 Å². The standard InChI is InChI=1S/C8H8OS2.C2H6/c1-9-7-4-2-6(3-5-7)8(10)11;1-2/h2-5H,1H3,(H,10,11);1-2H3. The molecule has 0 spiro atoms. The zero-order chi connectivity index (χ0) is 10.3. The summed E-state index contributed by atoms with van der Waals surface area (Å²) in [6.07, 6.45) is 0. The van der Waals surface area contributed by atoms with Crippen LogP contribution in [-0.2, 0) is 0 Å². The van der Waals surface area contributed by atoms with Crippen molar-refractivity contribution in [3.8, 4) is 5.75 Å². The zero-order valence-electron chi connectivity index (χ0n) is 8.07. The van der Waals surface area contributed by atoms with Gasteiger partial charge >= 0.3 is 0 Å². The van der Waals surface area contributed by atoms with Crippen LogP contribution in [0.3, 0.4) is 0 Å². The van der Waals surface area contributed by atoms with Gasteiger partial charge < -0.3 is 4.74 Å². The fourth-order valence-electron chi connectivity index (χ4n) is 0.734. The van der Waals surface area contributed by atoms with Crippen LogP contribution in [0.15, 0.2) is 24.3 Å². The minimum Gasteiger partial charge on any atom is -0.497 e. The quantitative estimate of drug-likeness (QED) is 0.597. The van der Waals surface area contributed by atoms with Gasteiger partial charge in [0.2, 0.25) is 0 Å². The van der Waals surface area contributed by atoms with Gasteiger partial charge in [0.1, 0.15) is 5.75 Å². The normalized spacial score (nSPS) is 8.31. The highest BCUT2D eigenvalue weighted by molar-refractivity contribution is 8.11. The average molecular weight is 214 g/mol. The Kier molecular flexibility index (Phi) is 6.63. The molecule has 0 aromatic heterocycles. The molecule has 0 aliphatic heterocycles. The van der Waals surface area contributed by atoms with E-state index >= 15 is 0 Å². The first-order chi connectivity index (χ1) is 6.24. The molecule has 0 radical (unpaired) electrons. The van der Waals surface area contributed by atoms with Gasteiger partial charge in [-0.2, -0.15) is 0 Å². The second-order valence-corrected chi connectivity index (χ2v) is 3.19. The first-order valence-corrected chi connectivity index (χ1v) is 4.97. The Labute approximate surface area is 90.5 Å². The molecule has 0 fully saturated rings. The highest BCUT2D eigenvalue weighted by atomic mass is 32.1. The predicted octanol–water partition coefficient (Wildman–Crippen LogP) is 3.33. The summed E-state index contributed by atoms with van der Waals surface area (Å²) in [6.45, 7) is 4.00. The fraction of sp³-hybridized carbons (Fsp3) is 0.300. The van der Waals surface area contributed by atoms with E-state index in [1.165, 1.54) is 0 Å². The molecule has 0 amide bonds. The van der Waals surface area contributed by atoms with Crippen LogP contribution in [0.5, 0.6) is 5.75 Å². The molecule has 72 valence electrons. The van der Waals surface area contributed by atoms with E-state index in [1.54, 1.807) is 7.11 Å². The van der Waals surface area contributed by atoms with Crippen LogP contribution in [0.1, 0.15) is 19.4 Å². The maximum atomic E-state index is 4.98. The first kappa shape index (κ1) is 12.5. The van der Waals surface area contributed by atoms with Gasteiger partial charge in [0.15, 0.2) is 0 Å². The van der Waals surface area contributed by atoms with E-state index in [4.69, 9.17) is 17.0 Å². The molecular weight excluding hydrogens is 200 g/mol. The second-order valence-electron chi connectivity index (χ2n) is 2.03.